The molecule has 0 atom stereocenters. The highest BCUT2D eigenvalue weighted by Crippen LogP contribution is 2.16. The minimum atomic E-state index is 0.603. The van der Waals surface area contributed by atoms with Crippen LogP contribution in [0, 0.1) is 0 Å². The van der Waals surface area contributed by atoms with Crippen LogP contribution >= 0.6 is 0 Å². The monoisotopic (exact) mass is 186 g/mol. The Kier molecular flexibility index (Phi) is 4.70. The average molecular weight is 186 g/mol. The maximum atomic E-state index is 5.60. The van der Waals surface area contributed by atoms with Crippen LogP contribution in [0.4, 0.5) is 0 Å². The first-order valence-electron chi connectivity index (χ1n) is 5.29. The van der Waals surface area contributed by atoms with Crippen LogP contribution in [0.1, 0.15) is 26.7 Å². The van der Waals surface area contributed by atoms with Crippen LogP contribution in [-0.4, -0.2) is 43.3 Å². The van der Waals surface area contributed by atoms with E-state index < -0.39 is 0 Å². The molecule has 13 heavy (non-hydrogen) atoms. The van der Waals surface area contributed by atoms with Crippen molar-refractivity contribution in [2.45, 2.75) is 38.8 Å². The summed E-state index contributed by atoms with van der Waals surface area (Å²) in [7, 11) is 0. The normalized spacial score (nSPS) is 20.1. The van der Waals surface area contributed by atoms with E-state index in [-0.39, 0.29) is 0 Å². The third kappa shape index (κ3) is 3.25. The van der Waals surface area contributed by atoms with Gasteiger partial charge in [-0.15, -0.1) is 0 Å². The molecule has 3 heteroatoms. The predicted octanol–water partition coefficient (Wildman–Crippen LogP) is 0.834. The van der Waals surface area contributed by atoms with Gasteiger partial charge in [-0.25, -0.2) is 0 Å². The Bertz CT molecular complexity index is 133. The van der Waals surface area contributed by atoms with Crippen molar-refractivity contribution in [1.29, 1.82) is 0 Å². The molecule has 1 heterocycles. The minimum Gasteiger partial charge on any atom is -0.381 e. The lowest BCUT2D eigenvalue weighted by molar-refractivity contribution is 0.0238. The van der Waals surface area contributed by atoms with Crippen molar-refractivity contribution in [3.63, 3.8) is 0 Å². The minimum absolute atomic E-state index is 0.603. The molecule has 1 rings (SSSR count). The summed E-state index contributed by atoms with van der Waals surface area (Å²) in [6.45, 7) is 8.09. The molecule has 0 bridgehead atoms. The molecule has 0 aromatic rings. The summed E-state index contributed by atoms with van der Waals surface area (Å²) >= 11 is 0. The highest BCUT2D eigenvalue weighted by atomic mass is 16.5. The van der Waals surface area contributed by atoms with Crippen LogP contribution in [0.3, 0.4) is 0 Å². The molecule has 0 radical (unpaired) electrons. The molecule has 78 valence electrons. The second-order valence-electron chi connectivity index (χ2n) is 3.96. The van der Waals surface area contributed by atoms with Gasteiger partial charge in [-0.3, -0.25) is 4.90 Å². The number of rotatable bonds is 4. The van der Waals surface area contributed by atoms with E-state index in [1.54, 1.807) is 0 Å². The lowest BCUT2D eigenvalue weighted by Crippen LogP contribution is -2.45. The van der Waals surface area contributed by atoms with Crippen molar-refractivity contribution < 1.29 is 4.74 Å². The smallest absolute Gasteiger partial charge is 0.0480 e. The van der Waals surface area contributed by atoms with Gasteiger partial charge in [0.05, 0.1) is 0 Å². The molecule has 0 unspecified atom stereocenters. The third-order valence-corrected chi connectivity index (χ3v) is 2.71. The van der Waals surface area contributed by atoms with Gasteiger partial charge >= 0.3 is 0 Å². The van der Waals surface area contributed by atoms with Gasteiger partial charge in [-0.05, 0) is 26.7 Å². The summed E-state index contributed by atoms with van der Waals surface area (Å²) in [5, 5.41) is 0. The van der Waals surface area contributed by atoms with Gasteiger partial charge in [0.25, 0.3) is 0 Å². The van der Waals surface area contributed by atoms with Gasteiger partial charge in [0, 0.05) is 38.4 Å². The van der Waals surface area contributed by atoms with E-state index in [0.717, 1.165) is 39.1 Å². The van der Waals surface area contributed by atoms with Gasteiger partial charge in [0.1, 0.15) is 0 Å². The van der Waals surface area contributed by atoms with Gasteiger partial charge in [0.2, 0.25) is 0 Å². The lowest BCUT2D eigenvalue weighted by atomic mass is 10.1. The molecule has 0 amide bonds. The Balaban J connectivity index is 2.41. The summed E-state index contributed by atoms with van der Waals surface area (Å²) in [5.41, 5.74) is 5.60. The summed E-state index contributed by atoms with van der Waals surface area (Å²) in [6.07, 6.45) is 2.33. The fraction of sp³-hybridized carbons (Fsp3) is 1.00. The van der Waals surface area contributed by atoms with E-state index in [2.05, 4.69) is 18.7 Å². The van der Waals surface area contributed by atoms with E-state index >= 15 is 0 Å². The number of ether oxygens (including phenoxy) is 1. The summed E-state index contributed by atoms with van der Waals surface area (Å²) in [6, 6.07) is 1.30. The summed E-state index contributed by atoms with van der Waals surface area (Å²) in [4.78, 5) is 2.50. The zero-order chi connectivity index (χ0) is 9.68. The summed E-state index contributed by atoms with van der Waals surface area (Å²) < 4.78 is 5.35. The Hall–Kier alpha value is -0.120. The molecule has 1 aliphatic heterocycles. The van der Waals surface area contributed by atoms with Crippen molar-refractivity contribution in [2.75, 3.05) is 26.3 Å². The zero-order valence-electron chi connectivity index (χ0n) is 8.83. The Morgan fingerprint density at radius 2 is 2.00 bits per heavy atom. The standard InChI is InChI=1S/C10H22N2O/c1-9(2)12(6-5-11)10-3-7-13-8-4-10/h9-10H,3-8,11H2,1-2H3. The number of hydrogen-bond donors (Lipinski definition) is 1. The van der Waals surface area contributed by atoms with Gasteiger partial charge in [-0.1, -0.05) is 0 Å². The fourth-order valence-electron chi connectivity index (χ4n) is 2.03. The van der Waals surface area contributed by atoms with E-state index in [1.807, 2.05) is 0 Å². The van der Waals surface area contributed by atoms with Crippen LogP contribution < -0.4 is 5.73 Å². The Labute approximate surface area is 81.2 Å². The van der Waals surface area contributed by atoms with Crippen molar-refractivity contribution in [3.8, 4) is 0 Å². The summed E-state index contributed by atoms with van der Waals surface area (Å²) in [5.74, 6) is 0. The van der Waals surface area contributed by atoms with Crippen molar-refractivity contribution in [2.24, 2.45) is 5.73 Å². The number of nitrogens with two attached hydrogens (primary N) is 1. The van der Waals surface area contributed by atoms with Gasteiger partial charge < -0.3 is 10.5 Å². The molecule has 0 aromatic carbocycles. The van der Waals surface area contributed by atoms with E-state index in [4.69, 9.17) is 10.5 Å². The van der Waals surface area contributed by atoms with Crippen LogP contribution in [0.25, 0.3) is 0 Å². The maximum absolute atomic E-state index is 5.60. The van der Waals surface area contributed by atoms with Crippen molar-refractivity contribution >= 4 is 0 Å². The molecule has 1 fully saturated rings. The van der Waals surface area contributed by atoms with Crippen LogP contribution in [0.5, 0.6) is 0 Å². The van der Waals surface area contributed by atoms with E-state index in [9.17, 15) is 0 Å². The van der Waals surface area contributed by atoms with Crippen molar-refractivity contribution in [1.82, 2.24) is 4.90 Å². The molecule has 0 spiro atoms. The lowest BCUT2D eigenvalue weighted by Gasteiger charge is -2.36. The second-order valence-corrected chi connectivity index (χ2v) is 3.96. The molecule has 2 N–H and O–H groups in total. The molecular formula is C10H22N2O. The molecule has 1 aliphatic rings. The predicted molar refractivity (Wildman–Crippen MR) is 54.7 cm³/mol. The van der Waals surface area contributed by atoms with Crippen LogP contribution in [-0.2, 0) is 4.74 Å². The van der Waals surface area contributed by atoms with Crippen molar-refractivity contribution in [3.05, 3.63) is 0 Å². The number of nitrogens with zero attached hydrogens (tertiary/aromatic N) is 1. The van der Waals surface area contributed by atoms with Gasteiger partial charge in [0.15, 0.2) is 0 Å². The molecule has 3 nitrogen and oxygen atoms in total. The largest absolute Gasteiger partial charge is 0.381 e. The first-order chi connectivity index (χ1) is 6.25. The van der Waals surface area contributed by atoms with Crippen LogP contribution in [0.15, 0.2) is 0 Å². The third-order valence-electron chi connectivity index (χ3n) is 2.71. The highest BCUT2D eigenvalue weighted by Gasteiger charge is 2.22. The highest BCUT2D eigenvalue weighted by molar-refractivity contribution is 4.77. The first kappa shape index (κ1) is 11.0. The Morgan fingerprint density at radius 1 is 1.38 bits per heavy atom. The van der Waals surface area contributed by atoms with E-state index in [1.165, 1.54) is 0 Å². The average Bonchev–Trinajstić information content (AvgIpc) is 2.15. The molecule has 0 aliphatic carbocycles. The number of hydrogen-bond acceptors (Lipinski definition) is 3. The molecule has 1 saturated heterocycles. The molecular weight excluding hydrogens is 164 g/mol. The zero-order valence-corrected chi connectivity index (χ0v) is 8.83. The van der Waals surface area contributed by atoms with Crippen LogP contribution in [0.2, 0.25) is 0 Å². The fourth-order valence-corrected chi connectivity index (χ4v) is 2.03. The topological polar surface area (TPSA) is 38.5 Å². The molecule has 0 saturated carbocycles. The van der Waals surface area contributed by atoms with E-state index in [0.29, 0.717) is 12.1 Å². The first-order valence-corrected chi connectivity index (χ1v) is 5.29. The van der Waals surface area contributed by atoms with Gasteiger partial charge in [-0.2, -0.15) is 0 Å². The quantitative estimate of drug-likeness (QED) is 0.707. The second kappa shape index (κ2) is 5.58. The molecule has 0 aromatic heterocycles. The maximum Gasteiger partial charge on any atom is 0.0480 e. The SMILES string of the molecule is CC(C)N(CCN)C1CCOCC1. The Morgan fingerprint density at radius 3 is 2.46 bits per heavy atom.